The van der Waals surface area contributed by atoms with Gasteiger partial charge in [-0.25, -0.2) is 4.39 Å². The zero-order chi connectivity index (χ0) is 19.2. The zero-order valence-electron chi connectivity index (χ0n) is 15.1. The molecule has 0 fully saturated rings. The largest absolute Gasteiger partial charge is 0.356 e. The molecule has 1 amide bonds. The molecule has 3 rings (SSSR count). The summed E-state index contributed by atoms with van der Waals surface area (Å²) in [5.74, 6) is -0.309. The van der Waals surface area contributed by atoms with Crippen molar-refractivity contribution in [3.05, 3.63) is 64.8 Å². The lowest BCUT2D eigenvalue weighted by Crippen LogP contribution is -2.27. The van der Waals surface area contributed by atoms with Gasteiger partial charge in [0.1, 0.15) is 11.5 Å². The van der Waals surface area contributed by atoms with Gasteiger partial charge in [0.15, 0.2) is 0 Å². The molecular formula is C20H22ClFN4O. The summed E-state index contributed by atoms with van der Waals surface area (Å²) in [7, 11) is 1.79. The van der Waals surface area contributed by atoms with Crippen LogP contribution in [-0.4, -0.2) is 39.6 Å². The number of rotatable bonds is 8. The molecule has 142 valence electrons. The minimum absolute atomic E-state index is 0.0561. The van der Waals surface area contributed by atoms with Crippen molar-refractivity contribution in [3.8, 4) is 11.3 Å². The third kappa shape index (κ3) is 5.20. The third-order valence-electron chi connectivity index (χ3n) is 4.44. The van der Waals surface area contributed by atoms with E-state index in [0.29, 0.717) is 17.3 Å². The van der Waals surface area contributed by atoms with Gasteiger partial charge in [-0.3, -0.25) is 9.89 Å². The van der Waals surface area contributed by atoms with E-state index in [1.54, 1.807) is 36.3 Å². The highest BCUT2D eigenvalue weighted by Crippen LogP contribution is 2.19. The second-order valence-corrected chi connectivity index (χ2v) is 6.99. The van der Waals surface area contributed by atoms with Crippen molar-refractivity contribution in [3.63, 3.8) is 0 Å². The number of unbranched alkanes of at least 4 members (excludes halogenated alkanes) is 2. The lowest BCUT2D eigenvalue weighted by atomic mass is 10.1. The first kappa shape index (κ1) is 19.2. The molecule has 2 heterocycles. The average molecular weight is 389 g/mol. The first-order chi connectivity index (χ1) is 13.0. The van der Waals surface area contributed by atoms with Crippen molar-refractivity contribution >= 4 is 17.5 Å². The van der Waals surface area contributed by atoms with Crippen molar-refractivity contribution in [1.82, 2.24) is 20.1 Å². The fraction of sp³-hybridized carbons (Fsp3) is 0.300. The van der Waals surface area contributed by atoms with Gasteiger partial charge in [0.2, 0.25) is 0 Å². The molecule has 0 aliphatic heterocycles. The monoisotopic (exact) mass is 388 g/mol. The number of aryl methyl sites for hydroxylation is 1. The second-order valence-electron chi connectivity index (χ2n) is 6.55. The van der Waals surface area contributed by atoms with E-state index in [9.17, 15) is 9.18 Å². The third-order valence-corrected chi connectivity index (χ3v) is 4.65. The smallest absolute Gasteiger partial charge is 0.270 e. The van der Waals surface area contributed by atoms with Crippen molar-refractivity contribution in [1.29, 1.82) is 0 Å². The maximum absolute atomic E-state index is 13.0. The number of carbonyl (C=O) groups excluding carboxylic acids is 1. The Morgan fingerprint density at radius 1 is 1.19 bits per heavy atom. The van der Waals surface area contributed by atoms with Gasteiger partial charge < -0.3 is 9.88 Å². The van der Waals surface area contributed by atoms with Crippen LogP contribution in [0.1, 0.15) is 35.4 Å². The van der Waals surface area contributed by atoms with Gasteiger partial charge in [-0.05, 0) is 55.7 Å². The summed E-state index contributed by atoms with van der Waals surface area (Å²) in [6.45, 7) is 0.694. The number of H-pyrrole nitrogens is 2. The van der Waals surface area contributed by atoms with E-state index in [2.05, 4.69) is 15.2 Å². The number of carbonyl (C=O) groups is 1. The van der Waals surface area contributed by atoms with Crippen LogP contribution >= 0.6 is 11.6 Å². The number of aromatic nitrogens is 3. The average Bonchev–Trinajstić information content (AvgIpc) is 3.30. The van der Waals surface area contributed by atoms with Gasteiger partial charge in [0.25, 0.3) is 5.91 Å². The molecule has 0 aliphatic carbocycles. The van der Waals surface area contributed by atoms with Crippen molar-refractivity contribution in [2.24, 2.45) is 0 Å². The molecule has 0 saturated heterocycles. The van der Waals surface area contributed by atoms with Crippen LogP contribution in [0.5, 0.6) is 0 Å². The van der Waals surface area contributed by atoms with E-state index < -0.39 is 0 Å². The van der Waals surface area contributed by atoms with Crippen molar-refractivity contribution < 1.29 is 9.18 Å². The van der Waals surface area contributed by atoms with E-state index in [1.807, 2.05) is 6.07 Å². The summed E-state index contributed by atoms with van der Waals surface area (Å²) in [5, 5.41) is 7.86. The Hall–Kier alpha value is -2.60. The van der Waals surface area contributed by atoms with Crippen molar-refractivity contribution in [2.75, 3.05) is 13.6 Å². The first-order valence-electron chi connectivity index (χ1n) is 8.92. The van der Waals surface area contributed by atoms with Crippen LogP contribution < -0.4 is 0 Å². The molecule has 0 spiro atoms. The molecule has 2 N–H and O–H groups in total. The molecule has 0 radical (unpaired) electrons. The van der Waals surface area contributed by atoms with Crippen LogP contribution in [0.15, 0.2) is 42.6 Å². The SMILES string of the molecule is CN(CCCCCc1cc(-c2ccc(F)cc2)n[nH]1)C(=O)c1cc(Cl)c[nH]1. The molecule has 3 aromatic rings. The van der Waals surface area contributed by atoms with Crippen LogP contribution in [0.4, 0.5) is 4.39 Å². The fourth-order valence-electron chi connectivity index (χ4n) is 2.90. The molecule has 0 bridgehead atoms. The number of nitrogens with one attached hydrogen (secondary N) is 2. The van der Waals surface area contributed by atoms with Crippen LogP contribution in [0.2, 0.25) is 5.02 Å². The van der Waals surface area contributed by atoms with Crippen LogP contribution in [-0.2, 0) is 6.42 Å². The Kier molecular flexibility index (Phi) is 6.29. The summed E-state index contributed by atoms with van der Waals surface area (Å²) < 4.78 is 13.0. The Morgan fingerprint density at radius 2 is 1.96 bits per heavy atom. The molecule has 2 aromatic heterocycles. The maximum atomic E-state index is 13.0. The van der Waals surface area contributed by atoms with Crippen LogP contribution in [0, 0.1) is 5.82 Å². The van der Waals surface area contributed by atoms with E-state index in [1.165, 1.54) is 12.1 Å². The highest BCUT2D eigenvalue weighted by molar-refractivity contribution is 6.30. The molecule has 1 aromatic carbocycles. The lowest BCUT2D eigenvalue weighted by molar-refractivity contribution is 0.0787. The summed E-state index contributed by atoms with van der Waals surface area (Å²) in [6, 6.07) is 9.94. The molecule has 0 saturated carbocycles. The number of halogens is 2. The molecule has 0 unspecified atom stereocenters. The fourth-order valence-corrected chi connectivity index (χ4v) is 3.06. The highest BCUT2D eigenvalue weighted by Gasteiger charge is 2.13. The van der Waals surface area contributed by atoms with Crippen LogP contribution in [0.25, 0.3) is 11.3 Å². The quantitative estimate of drug-likeness (QED) is 0.550. The Bertz CT molecular complexity index is 888. The lowest BCUT2D eigenvalue weighted by Gasteiger charge is -2.16. The van der Waals surface area contributed by atoms with Gasteiger partial charge in [-0.15, -0.1) is 0 Å². The van der Waals surface area contributed by atoms with E-state index in [-0.39, 0.29) is 11.7 Å². The first-order valence-corrected chi connectivity index (χ1v) is 9.30. The van der Waals surface area contributed by atoms with Gasteiger partial charge in [-0.1, -0.05) is 18.0 Å². The standard InChI is InChI=1S/C20H22ClFN4O/c1-26(20(27)19-11-15(21)13-23-19)10-4-2-3-5-17-12-18(25-24-17)14-6-8-16(22)9-7-14/h6-9,11-13,23H,2-5,10H2,1H3,(H,24,25). The minimum atomic E-state index is -0.252. The highest BCUT2D eigenvalue weighted by atomic mass is 35.5. The number of aromatic amines is 2. The van der Waals surface area contributed by atoms with Gasteiger partial charge >= 0.3 is 0 Å². The normalized spacial score (nSPS) is 10.9. The molecule has 5 nitrogen and oxygen atoms in total. The number of amides is 1. The summed E-state index contributed by atoms with van der Waals surface area (Å²) in [5.41, 5.74) is 3.27. The molecular weight excluding hydrogens is 367 g/mol. The summed E-state index contributed by atoms with van der Waals surface area (Å²) in [4.78, 5) is 16.8. The predicted molar refractivity (Wildman–Crippen MR) is 104 cm³/mol. The number of benzene rings is 1. The van der Waals surface area contributed by atoms with Gasteiger partial charge in [0.05, 0.1) is 10.7 Å². The molecule has 0 aliphatic rings. The topological polar surface area (TPSA) is 64.8 Å². The number of nitrogens with zero attached hydrogens (tertiary/aromatic N) is 2. The summed E-state index contributed by atoms with van der Waals surface area (Å²) in [6.07, 6.45) is 5.43. The minimum Gasteiger partial charge on any atom is -0.356 e. The maximum Gasteiger partial charge on any atom is 0.270 e. The van der Waals surface area contributed by atoms with Crippen LogP contribution in [0.3, 0.4) is 0 Å². The van der Waals surface area contributed by atoms with Crippen molar-refractivity contribution in [2.45, 2.75) is 25.7 Å². The van der Waals surface area contributed by atoms with Gasteiger partial charge in [-0.2, -0.15) is 5.10 Å². The zero-order valence-corrected chi connectivity index (χ0v) is 15.9. The Labute approximate surface area is 162 Å². The number of hydrogen-bond acceptors (Lipinski definition) is 2. The Morgan fingerprint density at radius 3 is 2.67 bits per heavy atom. The summed E-state index contributed by atoms with van der Waals surface area (Å²) >= 11 is 5.83. The van der Waals surface area contributed by atoms with Gasteiger partial charge in [0, 0.05) is 31.0 Å². The molecule has 0 atom stereocenters. The Balaban J connectivity index is 1.39. The molecule has 7 heteroatoms. The van der Waals surface area contributed by atoms with E-state index >= 15 is 0 Å². The number of hydrogen-bond donors (Lipinski definition) is 2. The second kappa shape index (κ2) is 8.86. The van der Waals surface area contributed by atoms with E-state index in [4.69, 9.17) is 11.6 Å². The molecule has 27 heavy (non-hydrogen) atoms. The predicted octanol–water partition coefficient (Wildman–Crippen LogP) is 4.68. The van der Waals surface area contributed by atoms with E-state index in [0.717, 1.165) is 42.6 Å².